The van der Waals surface area contributed by atoms with Crippen molar-refractivity contribution in [3.8, 4) is 0 Å². The van der Waals surface area contributed by atoms with Crippen molar-refractivity contribution < 1.29 is 27.6 Å². The smallest absolute Gasteiger partial charge is 0.416 e. The molecule has 0 saturated carbocycles. The van der Waals surface area contributed by atoms with Gasteiger partial charge in [0.25, 0.3) is 5.69 Å². The summed E-state index contributed by atoms with van der Waals surface area (Å²) < 4.78 is 43.9. The number of benzene rings is 2. The zero-order valence-corrected chi connectivity index (χ0v) is 13.9. The van der Waals surface area contributed by atoms with Gasteiger partial charge in [-0.1, -0.05) is 42.5 Å². The Balaban J connectivity index is 1.95. The first-order valence-corrected chi connectivity index (χ1v) is 7.74. The third-order valence-electron chi connectivity index (χ3n) is 3.43. The van der Waals surface area contributed by atoms with E-state index in [1.165, 1.54) is 6.08 Å². The highest BCUT2D eigenvalue weighted by atomic mass is 19.4. The highest BCUT2D eigenvalue weighted by Gasteiger charge is 2.33. The molecule has 0 aliphatic heterocycles. The molecule has 0 aromatic heterocycles. The monoisotopic (exact) mass is 380 g/mol. The Kier molecular flexibility index (Phi) is 6.53. The molecule has 0 spiro atoms. The number of non-ortho nitro benzene ring substituents is 1. The molecule has 0 saturated heterocycles. The van der Waals surface area contributed by atoms with E-state index in [2.05, 4.69) is 5.32 Å². The number of ether oxygens (including phenoxy) is 1. The number of halogens is 3. The van der Waals surface area contributed by atoms with Crippen LogP contribution in [0.3, 0.4) is 0 Å². The average Bonchev–Trinajstić information content (AvgIpc) is 2.63. The van der Waals surface area contributed by atoms with Gasteiger partial charge in [0.05, 0.1) is 10.5 Å². The van der Waals surface area contributed by atoms with E-state index < -0.39 is 28.4 Å². The molecule has 2 rings (SSSR count). The van der Waals surface area contributed by atoms with E-state index in [9.17, 15) is 28.1 Å². The quantitative estimate of drug-likeness (QED) is 0.589. The number of amides is 1. The largest absolute Gasteiger partial charge is 0.445 e. The molecule has 0 heterocycles. The molecule has 6 nitrogen and oxygen atoms in total. The van der Waals surface area contributed by atoms with Crippen LogP contribution in [0, 0.1) is 10.1 Å². The van der Waals surface area contributed by atoms with Crippen molar-refractivity contribution >= 4 is 17.9 Å². The lowest BCUT2D eigenvalue weighted by molar-refractivity contribution is -0.384. The van der Waals surface area contributed by atoms with E-state index in [-0.39, 0.29) is 18.7 Å². The Hall–Kier alpha value is -3.36. The second-order valence-corrected chi connectivity index (χ2v) is 5.37. The molecule has 2 aromatic rings. The van der Waals surface area contributed by atoms with E-state index in [1.54, 1.807) is 24.3 Å². The highest BCUT2D eigenvalue weighted by Crippen LogP contribution is 2.34. The Morgan fingerprint density at radius 2 is 1.89 bits per heavy atom. The number of alkyl halides is 3. The zero-order valence-electron chi connectivity index (χ0n) is 13.9. The molecule has 1 amide bonds. The van der Waals surface area contributed by atoms with Crippen molar-refractivity contribution in [2.75, 3.05) is 6.54 Å². The molecule has 2 aromatic carbocycles. The van der Waals surface area contributed by atoms with Gasteiger partial charge in [0.1, 0.15) is 6.61 Å². The molecule has 0 fully saturated rings. The maximum atomic E-state index is 13.0. The number of nitro groups is 1. The van der Waals surface area contributed by atoms with E-state index in [1.807, 2.05) is 6.07 Å². The maximum Gasteiger partial charge on any atom is 0.416 e. The summed E-state index contributed by atoms with van der Waals surface area (Å²) in [6.45, 7) is -0.0485. The topological polar surface area (TPSA) is 81.5 Å². The fraction of sp³-hybridized carbons (Fsp3) is 0.167. The summed E-state index contributed by atoms with van der Waals surface area (Å²) in [5.41, 5.74) is -1.04. The number of carbonyl (C=O) groups excluding carboxylic acids is 1. The van der Waals surface area contributed by atoms with Crippen molar-refractivity contribution in [1.82, 2.24) is 5.32 Å². The van der Waals surface area contributed by atoms with Crippen molar-refractivity contribution in [3.63, 3.8) is 0 Å². The van der Waals surface area contributed by atoms with Crippen molar-refractivity contribution in [3.05, 3.63) is 81.4 Å². The number of nitro benzene ring substituents is 1. The van der Waals surface area contributed by atoms with Crippen molar-refractivity contribution in [2.24, 2.45) is 0 Å². The van der Waals surface area contributed by atoms with Gasteiger partial charge < -0.3 is 10.1 Å². The predicted octanol–water partition coefficient (Wildman–Crippen LogP) is 4.55. The van der Waals surface area contributed by atoms with Crippen molar-refractivity contribution in [2.45, 2.75) is 12.8 Å². The average molecular weight is 380 g/mol. The Morgan fingerprint density at radius 1 is 1.19 bits per heavy atom. The summed E-state index contributed by atoms with van der Waals surface area (Å²) in [4.78, 5) is 21.5. The van der Waals surface area contributed by atoms with E-state index in [0.717, 1.165) is 23.8 Å². The lowest BCUT2D eigenvalue weighted by atomic mass is 10.1. The molecular formula is C18H15F3N2O4. The van der Waals surface area contributed by atoms with Gasteiger partial charge in [0, 0.05) is 18.7 Å². The standard InChI is InChI=1S/C18H15F3N2O4/c19-18(20,21)16-9-8-15(23(25)26)11-14(16)7-4-10-22-17(24)27-12-13-5-2-1-3-6-13/h1-9,11H,10,12H2,(H,22,24). The van der Waals surface area contributed by atoms with Gasteiger partial charge in [-0.15, -0.1) is 0 Å². The van der Waals surface area contributed by atoms with Gasteiger partial charge in [-0.2, -0.15) is 13.2 Å². The van der Waals surface area contributed by atoms with Crippen LogP contribution in [0.15, 0.2) is 54.6 Å². The first-order chi connectivity index (χ1) is 12.8. The van der Waals surface area contributed by atoms with Gasteiger partial charge in [-0.3, -0.25) is 10.1 Å². The van der Waals surface area contributed by atoms with Crippen LogP contribution in [0.4, 0.5) is 23.7 Å². The molecule has 0 bridgehead atoms. The molecule has 0 radical (unpaired) electrons. The van der Waals surface area contributed by atoms with Crippen LogP contribution >= 0.6 is 0 Å². The first-order valence-electron chi connectivity index (χ1n) is 7.74. The first kappa shape index (κ1) is 20.0. The molecule has 142 valence electrons. The SMILES string of the molecule is O=C(NCC=Cc1cc([N+](=O)[O-])ccc1C(F)(F)F)OCc1ccccc1. The number of alkyl carbamates (subject to hydrolysis) is 1. The molecule has 0 unspecified atom stereocenters. The third-order valence-corrected chi connectivity index (χ3v) is 3.43. The third kappa shape index (κ3) is 6.14. The summed E-state index contributed by atoms with van der Waals surface area (Å²) >= 11 is 0. The van der Waals surface area contributed by atoms with E-state index in [4.69, 9.17) is 4.74 Å². The zero-order chi connectivity index (χ0) is 19.9. The molecule has 0 aliphatic carbocycles. The predicted molar refractivity (Wildman–Crippen MR) is 91.8 cm³/mol. The number of nitrogens with one attached hydrogen (secondary N) is 1. The second kappa shape index (κ2) is 8.84. The number of nitrogens with zero attached hydrogens (tertiary/aromatic N) is 1. The number of hydrogen-bond acceptors (Lipinski definition) is 4. The van der Waals surface area contributed by atoms with Crippen LogP contribution in [-0.2, 0) is 17.5 Å². The van der Waals surface area contributed by atoms with Crippen LogP contribution in [0.5, 0.6) is 0 Å². The molecular weight excluding hydrogens is 365 g/mol. The van der Waals surface area contributed by atoms with Gasteiger partial charge in [-0.25, -0.2) is 4.79 Å². The lowest BCUT2D eigenvalue weighted by Gasteiger charge is -2.10. The number of hydrogen-bond donors (Lipinski definition) is 1. The van der Waals surface area contributed by atoms with Crippen LogP contribution in [0.1, 0.15) is 16.7 Å². The summed E-state index contributed by atoms with van der Waals surface area (Å²) in [5.74, 6) is 0. The second-order valence-electron chi connectivity index (χ2n) is 5.37. The Morgan fingerprint density at radius 3 is 2.52 bits per heavy atom. The summed E-state index contributed by atoms with van der Waals surface area (Å²) in [5, 5.41) is 13.1. The highest BCUT2D eigenvalue weighted by molar-refractivity contribution is 5.68. The number of carbonyl (C=O) groups is 1. The Bertz CT molecular complexity index is 836. The normalized spacial score (nSPS) is 11.4. The molecule has 0 aliphatic rings. The van der Waals surface area contributed by atoms with E-state index in [0.29, 0.717) is 6.07 Å². The van der Waals surface area contributed by atoms with Gasteiger partial charge in [-0.05, 0) is 17.2 Å². The summed E-state index contributed by atoms with van der Waals surface area (Å²) in [6, 6.07) is 11.2. The van der Waals surface area contributed by atoms with Crippen LogP contribution in [0.2, 0.25) is 0 Å². The molecule has 9 heteroatoms. The van der Waals surface area contributed by atoms with E-state index >= 15 is 0 Å². The Labute approximate surface area is 152 Å². The maximum absolute atomic E-state index is 13.0. The van der Waals surface area contributed by atoms with Gasteiger partial charge in [0.15, 0.2) is 0 Å². The number of rotatable bonds is 6. The van der Waals surface area contributed by atoms with Crippen molar-refractivity contribution in [1.29, 1.82) is 0 Å². The minimum Gasteiger partial charge on any atom is -0.445 e. The van der Waals surface area contributed by atoms with Gasteiger partial charge >= 0.3 is 12.3 Å². The lowest BCUT2D eigenvalue weighted by Crippen LogP contribution is -2.24. The minimum absolute atomic E-state index is 0.0550. The molecule has 27 heavy (non-hydrogen) atoms. The summed E-state index contributed by atoms with van der Waals surface area (Å²) in [6.07, 6.45) is -3.08. The summed E-state index contributed by atoms with van der Waals surface area (Å²) in [7, 11) is 0. The molecule has 1 N–H and O–H groups in total. The van der Waals surface area contributed by atoms with Crippen LogP contribution in [-0.4, -0.2) is 17.6 Å². The molecule has 0 atom stereocenters. The van der Waals surface area contributed by atoms with Crippen LogP contribution < -0.4 is 5.32 Å². The minimum atomic E-state index is -4.66. The fourth-order valence-electron chi connectivity index (χ4n) is 2.16. The van der Waals surface area contributed by atoms with Gasteiger partial charge in [0.2, 0.25) is 0 Å². The fourth-order valence-corrected chi connectivity index (χ4v) is 2.16. The van der Waals surface area contributed by atoms with Crippen LogP contribution in [0.25, 0.3) is 6.08 Å².